The first-order valence-corrected chi connectivity index (χ1v) is 31.1. The highest BCUT2D eigenvalue weighted by Crippen LogP contribution is 2.27. The molecule has 0 saturated carbocycles. The number of hydrogen-bond acceptors (Lipinski definition) is 12. The number of pyridine rings is 3. The number of piperazine rings is 1. The maximum absolute atomic E-state index is 14.8. The van der Waals surface area contributed by atoms with Crippen molar-refractivity contribution in [1.29, 1.82) is 0 Å². The first kappa shape index (κ1) is 66.1. The summed E-state index contributed by atoms with van der Waals surface area (Å²) in [7, 11) is 2.13. The summed E-state index contributed by atoms with van der Waals surface area (Å²) in [5.41, 5.74) is 11.6. The van der Waals surface area contributed by atoms with Crippen LogP contribution in [0.25, 0.3) is 33.4 Å². The van der Waals surface area contributed by atoms with Crippen molar-refractivity contribution in [2.24, 2.45) is 0 Å². The van der Waals surface area contributed by atoms with E-state index in [1.807, 2.05) is 134 Å². The molecule has 0 radical (unpaired) electrons. The zero-order valence-electron chi connectivity index (χ0n) is 52.0. The van der Waals surface area contributed by atoms with E-state index in [1.165, 1.54) is 23.8 Å². The minimum absolute atomic E-state index is 0.101. The van der Waals surface area contributed by atoms with E-state index in [9.17, 15) is 23.2 Å². The Labute approximate surface area is 533 Å². The SMILES string of the molecule is Cc1cccc(CNC(=O)Cc2ccc(-c3ccc(OCCN4CCN(C)CC4)cc3F)cn2)c1.O=C(CCc1ccccc1)Cc1ccc(-c2ccc(OCCN3CCOCC3)cc2)cn1.O=C(Cc1ccc(-c2ccccc2)cn1)NCc1cccc(F)c1. The molecule has 470 valence electrons. The number of nitrogens with zero attached hydrogens (tertiary/aromatic N) is 6. The second-order valence-electron chi connectivity index (χ2n) is 22.7. The molecule has 16 heteroatoms. The second kappa shape index (κ2) is 35.2. The molecule has 2 saturated heterocycles. The van der Waals surface area contributed by atoms with Crippen LogP contribution < -0.4 is 20.1 Å². The Morgan fingerprint density at radius 1 is 0.495 bits per heavy atom. The van der Waals surface area contributed by atoms with Crippen LogP contribution in [0.3, 0.4) is 0 Å². The molecule has 2 N–H and O–H groups in total. The molecule has 2 amide bonds. The molecule has 11 rings (SSSR count). The van der Waals surface area contributed by atoms with Crippen molar-refractivity contribution < 1.29 is 37.4 Å². The van der Waals surface area contributed by atoms with Gasteiger partial charge >= 0.3 is 0 Å². The summed E-state index contributed by atoms with van der Waals surface area (Å²) in [4.78, 5) is 56.8. The van der Waals surface area contributed by atoms with Crippen LogP contribution in [0, 0.1) is 18.6 Å². The van der Waals surface area contributed by atoms with Crippen molar-refractivity contribution in [3.63, 3.8) is 0 Å². The fraction of sp³-hybridized carbons (Fsp3) is 0.280. The number of ketones is 1. The Bertz CT molecular complexity index is 3680. The number of benzene rings is 6. The highest BCUT2D eigenvalue weighted by Gasteiger charge is 2.16. The lowest BCUT2D eigenvalue weighted by Crippen LogP contribution is -2.45. The van der Waals surface area contributed by atoms with Gasteiger partial charge in [0.25, 0.3) is 0 Å². The number of aromatic nitrogens is 3. The number of ether oxygens (including phenoxy) is 3. The van der Waals surface area contributed by atoms with Gasteiger partial charge in [0.05, 0.1) is 26.1 Å². The monoisotopic (exact) mass is 1230 g/mol. The van der Waals surface area contributed by atoms with Crippen LogP contribution in [-0.4, -0.2) is 133 Å². The number of likely N-dealkylation sites (N-methyl/N-ethyl adjacent to an activating group) is 1. The maximum Gasteiger partial charge on any atom is 0.226 e. The first-order valence-electron chi connectivity index (χ1n) is 31.1. The summed E-state index contributed by atoms with van der Waals surface area (Å²) in [6.45, 7) is 13.5. The number of carbonyl (C=O) groups is 3. The third-order valence-electron chi connectivity index (χ3n) is 15.6. The summed E-state index contributed by atoms with van der Waals surface area (Å²) in [6, 6.07) is 58.6. The van der Waals surface area contributed by atoms with E-state index < -0.39 is 0 Å². The van der Waals surface area contributed by atoms with Crippen molar-refractivity contribution in [1.82, 2.24) is 40.3 Å². The van der Waals surface area contributed by atoms with Crippen LogP contribution in [0.5, 0.6) is 11.5 Å². The molecule has 0 spiro atoms. The van der Waals surface area contributed by atoms with Crippen LogP contribution in [-0.2, 0) is 57.9 Å². The number of amides is 2. The fourth-order valence-electron chi connectivity index (χ4n) is 10.3. The maximum atomic E-state index is 14.8. The van der Waals surface area contributed by atoms with Crippen molar-refractivity contribution in [3.8, 4) is 44.9 Å². The minimum atomic E-state index is -0.354. The molecule has 9 aromatic rings. The number of halogens is 2. The average Bonchev–Trinajstić information content (AvgIpc) is 2.08. The summed E-state index contributed by atoms with van der Waals surface area (Å²) in [6.07, 6.45) is 7.29. The summed E-state index contributed by atoms with van der Waals surface area (Å²) in [5.74, 6) is 0.709. The van der Waals surface area contributed by atoms with Gasteiger partial charge in [0.1, 0.15) is 42.1 Å². The summed E-state index contributed by atoms with van der Waals surface area (Å²) in [5, 5.41) is 5.69. The normalized spacial score (nSPS) is 13.4. The lowest BCUT2D eigenvalue weighted by Gasteiger charge is -2.32. The standard InChI is InChI=1S/C28H33FN4O2.C27H30N2O3.C20H17FN2O/c1-21-4-3-5-22(16-21)19-31-28(34)17-24-7-6-23(20-30-24)26-9-8-25(18-27(26)29)35-15-14-33-12-10-32(2)11-13-33;30-26(11-6-22-4-2-1-3-5-22)20-25-10-7-24(21-28-25)23-8-12-27(13-9-23)32-19-16-29-14-17-31-18-15-29;21-18-8-4-5-15(11-18)13-23-20(24)12-19-10-9-17(14-22-19)16-6-2-1-3-7-16/h3-9,16,18,20H,10-15,17,19H2,1-2H3,(H,31,34);1-5,7-10,12-13,21H,6,11,14-20H2;1-11,14H,12-13H2,(H,23,24). The van der Waals surface area contributed by atoms with Gasteiger partial charge in [-0.15, -0.1) is 0 Å². The summed E-state index contributed by atoms with van der Waals surface area (Å²) < 4.78 is 44.9. The molecule has 5 heterocycles. The van der Waals surface area contributed by atoms with Crippen molar-refractivity contribution >= 4 is 17.6 Å². The van der Waals surface area contributed by atoms with Gasteiger partial charge in [-0.3, -0.25) is 39.1 Å². The fourth-order valence-corrected chi connectivity index (χ4v) is 10.3. The highest BCUT2D eigenvalue weighted by molar-refractivity contribution is 5.81. The van der Waals surface area contributed by atoms with Gasteiger partial charge in [0.15, 0.2) is 0 Å². The van der Waals surface area contributed by atoms with Crippen LogP contribution in [0.4, 0.5) is 8.78 Å². The number of Topliss-reactive ketones (excluding diaryl/α,β-unsaturated/α-hetero) is 1. The first-order chi connectivity index (χ1) is 44.4. The van der Waals surface area contributed by atoms with Crippen LogP contribution in [0.2, 0.25) is 0 Å². The topological polar surface area (TPSA) is 151 Å². The Morgan fingerprint density at radius 2 is 1.00 bits per heavy atom. The lowest BCUT2D eigenvalue weighted by atomic mass is 10.0. The number of nitrogens with one attached hydrogen (secondary N) is 2. The molecule has 0 atom stereocenters. The van der Waals surface area contributed by atoms with Crippen LogP contribution in [0.15, 0.2) is 207 Å². The zero-order valence-corrected chi connectivity index (χ0v) is 52.0. The van der Waals surface area contributed by atoms with Gasteiger partial charge in [0, 0.05) is 142 Å². The van der Waals surface area contributed by atoms with E-state index in [0.29, 0.717) is 67.4 Å². The molecule has 6 aromatic carbocycles. The van der Waals surface area contributed by atoms with Crippen molar-refractivity contribution in [2.75, 3.05) is 85.8 Å². The van der Waals surface area contributed by atoms with E-state index in [2.05, 4.69) is 59.5 Å². The van der Waals surface area contributed by atoms with Crippen LogP contribution >= 0.6 is 0 Å². The Kier molecular flexibility index (Phi) is 25.6. The Hall–Kier alpha value is -9.32. The van der Waals surface area contributed by atoms with Gasteiger partial charge in [-0.2, -0.15) is 0 Å². The smallest absolute Gasteiger partial charge is 0.226 e. The Balaban J connectivity index is 0.000000164. The molecule has 3 aromatic heterocycles. The molecule has 2 fully saturated rings. The highest BCUT2D eigenvalue weighted by atomic mass is 19.1. The van der Waals surface area contributed by atoms with Crippen molar-refractivity contribution in [2.45, 2.75) is 52.1 Å². The predicted octanol–water partition coefficient (Wildman–Crippen LogP) is 11.6. The number of hydrogen-bond donors (Lipinski definition) is 2. The van der Waals surface area contributed by atoms with Gasteiger partial charge in [-0.1, -0.05) is 133 Å². The largest absolute Gasteiger partial charge is 0.492 e. The molecule has 0 aliphatic carbocycles. The quantitative estimate of drug-likeness (QED) is 0.0592. The molecule has 0 bridgehead atoms. The molecule has 91 heavy (non-hydrogen) atoms. The molecule has 14 nitrogen and oxygen atoms in total. The average molecular weight is 1230 g/mol. The minimum Gasteiger partial charge on any atom is -0.492 e. The lowest BCUT2D eigenvalue weighted by molar-refractivity contribution is -0.121. The molecular weight excluding hydrogens is 1150 g/mol. The number of rotatable bonds is 24. The molecule has 0 unspecified atom stereocenters. The molecule has 2 aliphatic heterocycles. The van der Waals surface area contributed by atoms with E-state index >= 15 is 0 Å². The Morgan fingerprint density at radius 3 is 1.57 bits per heavy atom. The summed E-state index contributed by atoms with van der Waals surface area (Å²) >= 11 is 0. The van der Waals surface area contributed by atoms with E-state index in [0.717, 1.165) is 122 Å². The van der Waals surface area contributed by atoms with E-state index in [1.54, 1.807) is 48.8 Å². The van der Waals surface area contributed by atoms with Gasteiger partial charge in [0.2, 0.25) is 11.8 Å². The third-order valence-corrected chi connectivity index (χ3v) is 15.6. The molecular formula is C75H80F2N8O6. The number of aryl methyl sites for hydroxylation is 2. The zero-order chi connectivity index (χ0) is 63.4. The second-order valence-corrected chi connectivity index (χ2v) is 22.7. The van der Waals surface area contributed by atoms with Gasteiger partial charge < -0.3 is 29.7 Å². The molecule has 2 aliphatic rings. The van der Waals surface area contributed by atoms with Crippen molar-refractivity contribution in [3.05, 3.63) is 258 Å². The van der Waals surface area contributed by atoms with Gasteiger partial charge in [-0.25, -0.2) is 8.78 Å². The van der Waals surface area contributed by atoms with Gasteiger partial charge in [-0.05, 0) is 103 Å². The third kappa shape index (κ3) is 22.6. The van der Waals surface area contributed by atoms with E-state index in [-0.39, 0.29) is 42.1 Å². The number of carbonyl (C=O) groups excluding carboxylic acids is 3. The predicted molar refractivity (Wildman–Crippen MR) is 353 cm³/mol. The van der Waals surface area contributed by atoms with E-state index in [4.69, 9.17) is 14.2 Å². The number of morpholine rings is 1. The van der Waals surface area contributed by atoms with Crippen LogP contribution in [0.1, 0.15) is 45.8 Å².